The molecule has 5 aromatic rings. The molecule has 0 unspecified atom stereocenters. The van der Waals surface area contributed by atoms with E-state index in [-0.39, 0.29) is 0 Å². The van der Waals surface area contributed by atoms with Crippen molar-refractivity contribution in [1.82, 2.24) is 0 Å². The number of fused-ring (bicyclic) bond motifs is 5. The van der Waals surface area contributed by atoms with Crippen LogP contribution in [0.3, 0.4) is 0 Å². The van der Waals surface area contributed by atoms with Crippen LogP contribution < -0.4 is 0 Å². The van der Waals surface area contributed by atoms with E-state index in [2.05, 4.69) is 79.7 Å². The molecule has 1 heterocycles. The summed E-state index contributed by atoms with van der Waals surface area (Å²) in [7, 11) is 0. The Morgan fingerprint density at radius 3 is 2.33 bits per heavy atom. The van der Waals surface area contributed by atoms with E-state index in [1.54, 1.807) is 0 Å². The number of rotatable bonds is 1. The van der Waals surface area contributed by atoms with Gasteiger partial charge < -0.3 is 4.42 Å². The average Bonchev–Trinajstić information content (AvgIpc) is 2.99. The summed E-state index contributed by atoms with van der Waals surface area (Å²) in [5.74, 6) is 0. The molecule has 0 fully saturated rings. The van der Waals surface area contributed by atoms with Crippen LogP contribution in [-0.4, -0.2) is 0 Å². The minimum absolute atomic E-state index is 0.950. The predicted molar refractivity (Wildman–Crippen MR) is 101 cm³/mol. The van der Waals surface area contributed by atoms with Gasteiger partial charge in [0.15, 0.2) is 0 Å². The summed E-state index contributed by atoms with van der Waals surface area (Å²) < 4.78 is 6.18. The topological polar surface area (TPSA) is 13.1 Å². The van der Waals surface area contributed by atoms with E-state index in [1.165, 1.54) is 38.2 Å². The zero-order chi connectivity index (χ0) is 16.1. The molecule has 0 saturated heterocycles. The van der Waals surface area contributed by atoms with Gasteiger partial charge >= 0.3 is 0 Å². The van der Waals surface area contributed by atoms with E-state index in [0.717, 1.165) is 11.2 Å². The number of aryl methyl sites for hydroxylation is 1. The van der Waals surface area contributed by atoms with E-state index in [4.69, 9.17) is 4.42 Å². The van der Waals surface area contributed by atoms with Gasteiger partial charge in [0, 0.05) is 10.8 Å². The van der Waals surface area contributed by atoms with Gasteiger partial charge in [0.05, 0.1) is 0 Å². The number of hydrogen-bond acceptors (Lipinski definition) is 1. The molecule has 4 aromatic carbocycles. The first kappa shape index (κ1) is 13.4. The summed E-state index contributed by atoms with van der Waals surface area (Å²) in [5.41, 5.74) is 5.62. The minimum Gasteiger partial charge on any atom is -0.456 e. The lowest BCUT2D eigenvalue weighted by Crippen LogP contribution is -1.83. The van der Waals surface area contributed by atoms with Gasteiger partial charge in [-0.05, 0) is 52.6 Å². The van der Waals surface area contributed by atoms with E-state index in [9.17, 15) is 0 Å². The van der Waals surface area contributed by atoms with Crippen LogP contribution in [0.5, 0.6) is 0 Å². The van der Waals surface area contributed by atoms with Gasteiger partial charge in [0.2, 0.25) is 0 Å². The molecule has 1 nitrogen and oxygen atoms in total. The predicted octanol–water partition coefficient (Wildman–Crippen LogP) is 6.71. The molecule has 1 aromatic heterocycles. The van der Waals surface area contributed by atoms with Gasteiger partial charge in [-0.1, -0.05) is 60.7 Å². The third-order valence-corrected chi connectivity index (χ3v) is 4.79. The van der Waals surface area contributed by atoms with Crippen molar-refractivity contribution in [3.63, 3.8) is 0 Å². The second-order valence-electron chi connectivity index (χ2n) is 6.29. The highest BCUT2D eigenvalue weighted by Crippen LogP contribution is 2.37. The number of benzene rings is 4. The second kappa shape index (κ2) is 4.97. The van der Waals surface area contributed by atoms with Crippen LogP contribution in [0.2, 0.25) is 0 Å². The maximum atomic E-state index is 6.18. The lowest BCUT2D eigenvalue weighted by atomic mass is 9.97. The van der Waals surface area contributed by atoms with Crippen molar-refractivity contribution in [3.8, 4) is 11.1 Å². The maximum absolute atomic E-state index is 6.18. The molecule has 24 heavy (non-hydrogen) atoms. The van der Waals surface area contributed by atoms with Crippen LogP contribution in [0, 0.1) is 6.92 Å². The van der Waals surface area contributed by atoms with E-state index >= 15 is 0 Å². The molecule has 0 saturated carbocycles. The summed E-state index contributed by atoms with van der Waals surface area (Å²) in [6.45, 7) is 2.17. The standard InChI is InChI=1S/C23H16O/c1-15-13-20-22(14-19(15)16-7-3-2-4-8-16)24-21-12-11-17-9-5-6-10-18(17)23(20)21/h2-14H,1H3. The molecule has 1 heteroatoms. The molecule has 0 radical (unpaired) electrons. The summed E-state index contributed by atoms with van der Waals surface area (Å²) in [6, 6.07) is 27.6. The van der Waals surface area contributed by atoms with Gasteiger partial charge in [0.1, 0.15) is 11.2 Å². The summed E-state index contributed by atoms with van der Waals surface area (Å²) >= 11 is 0. The Hall–Kier alpha value is -3.06. The quantitative estimate of drug-likeness (QED) is 0.335. The summed E-state index contributed by atoms with van der Waals surface area (Å²) in [4.78, 5) is 0. The Morgan fingerprint density at radius 1 is 0.667 bits per heavy atom. The molecule has 0 spiro atoms. The number of hydrogen-bond donors (Lipinski definition) is 0. The largest absolute Gasteiger partial charge is 0.456 e. The first-order valence-corrected chi connectivity index (χ1v) is 8.21. The van der Waals surface area contributed by atoms with Crippen LogP contribution in [0.25, 0.3) is 43.8 Å². The molecule has 114 valence electrons. The molecule has 0 aliphatic rings. The Morgan fingerprint density at radius 2 is 1.46 bits per heavy atom. The lowest BCUT2D eigenvalue weighted by Gasteiger charge is -2.06. The van der Waals surface area contributed by atoms with Crippen LogP contribution in [-0.2, 0) is 0 Å². The molecule has 0 N–H and O–H groups in total. The minimum atomic E-state index is 0.950. The van der Waals surface area contributed by atoms with Crippen molar-refractivity contribution >= 4 is 32.7 Å². The molecular formula is C23H16O. The highest BCUT2D eigenvalue weighted by Gasteiger charge is 2.13. The zero-order valence-electron chi connectivity index (χ0n) is 13.4. The molecule has 0 aliphatic heterocycles. The third-order valence-electron chi connectivity index (χ3n) is 4.79. The average molecular weight is 308 g/mol. The Kier molecular flexibility index (Phi) is 2.77. The van der Waals surface area contributed by atoms with Crippen LogP contribution in [0.1, 0.15) is 5.56 Å². The van der Waals surface area contributed by atoms with E-state index in [0.29, 0.717) is 0 Å². The Balaban J connectivity index is 1.89. The fourth-order valence-electron chi connectivity index (χ4n) is 3.63. The normalized spacial score (nSPS) is 11.5. The molecule has 0 bridgehead atoms. The van der Waals surface area contributed by atoms with Gasteiger partial charge in [0.25, 0.3) is 0 Å². The molecule has 0 amide bonds. The molecule has 0 aliphatic carbocycles. The van der Waals surface area contributed by atoms with Crippen molar-refractivity contribution < 1.29 is 4.42 Å². The smallest absolute Gasteiger partial charge is 0.136 e. The fourth-order valence-corrected chi connectivity index (χ4v) is 3.63. The lowest BCUT2D eigenvalue weighted by molar-refractivity contribution is 0.669. The highest BCUT2D eigenvalue weighted by molar-refractivity contribution is 6.19. The van der Waals surface area contributed by atoms with Crippen LogP contribution >= 0.6 is 0 Å². The SMILES string of the molecule is Cc1cc2c(cc1-c1ccccc1)oc1ccc3ccccc3c12. The van der Waals surface area contributed by atoms with E-state index < -0.39 is 0 Å². The second-order valence-corrected chi connectivity index (χ2v) is 6.29. The molecular weight excluding hydrogens is 292 g/mol. The third kappa shape index (κ3) is 1.88. The molecule has 0 atom stereocenters. The van der Waals surface area contributed by atoms with Crippen molar-refractivity contribution in [2.24, 2.45) is 0 Å². The highest BCUT2D eigenvalue weighted by atomic mass is 16.3. The first-order chi connectivity index (χ1) is 11.8. The summed E-state index contributed by atoms with van der Waals surface area (Å²) in [6.07, 6.45) is 0. The fraction of sp³-hybridized carbons (Fsp3) is 0.0435. The van der Waals surface area contributed by atoms with Gasteiger partial charge in [-0.3, -0.25) is 0 Å². The molecule has 5 rings (SSSR count). The van der Waals surface area contributed by atoms with Crippen molar-refractivity contribution in [3.05, 3.63) is 84.4 Å². The summed E-state index contributed by atoms with van der Waals surface area (Å²) in [5, 5.41) is 4.91. The van der Waals surface area contributed by atoms with E-state index in [1.807, 2.05) is 6.07 Å². The van der Waals surface area contributed by atoms with Crippen LogP contribution in [0.4, 0.5) is 0 Å². The van der Waals surface area contributed by atoms with Crippen molar-refractivity contribution in [1.29, 1.82) is 0 Å². The van der Waals surface area contributed by atoms with Crippen LogP contribution in [0.15, 0.2) is 83.3 Å². The van der Waals surface area contributed by atoms with Gasteiger partial charge in [-0.15, -0.1) is 0 Å². The monoisotopic (exact) mass is 308 g/mol. The Labute approximate surface area is 140 Å². The first-order valence-electron chi connectivity index (χ1n) is 8.21. The Bertz CT molecular complexity index is 1200. The zero-order valence-corrected chi connectivity index (χ0v) is 13.4. The van der Waals surface area contributed by atoms with Gasteiger partial charge in [-0.2, -0.15) is 0 Å². The maximum Gasteiger partial charge on any atom is 0.136 e. The van der Waals surface area contributed by atoms with Crippen molar-refractivity contribution in [2.75, 3.05) is 0 Å². The van der Waals surface area contributed by atoms with Crippen molar-refractivity contribution in [2.45, 2.75) is 6.92 Å². The van der Waals surface area contributed by atoms with Gasteiger partial charge in [-0.25, -0.2) is 0 Å². The number of furan rings is 1.